The van der Waals surface area contributed by atoms with Crippen LogP contribution in [0.4, 0.5) is 0 Å². The Morgan fingerprint density at radius 1 is 1.47 bits per heavy atom. The number of Topliss-reactive ketones (excluding diaryl/α,β-unsaturated/α-hetero) is 1. The number of carbonyl (C=O) groups is 1. The first-order valence-electron chi connectivity index (χ1n) is 6.14. The van der Waals surface area contributed by atoms with Gasteiger partial charge in [-0.1, -0.05) is 13.8 Å². The van der Waals surface area contributed by atoms with Crippen LogP contribution >= 0.6 is 0 Å². The molecule has 4 heteroatoms. The van der Waals surface area contributed by atoms with Crippen LogP contribution in [0.5, 0.6) is 0 Å². The van der Waals surface area contributed by atoms with Gasteiger partial charge in [0.15, 0.2) is 5.78 Å². The van der Waals surface area contributed by atoms with Crippen molar-refractivity contribution in [3.63, 3.8) is 0 Å². The third kappa shape index (κ3) is 2.52. The smallest absolute Gasteiger partial charge is 0.188 e. The molecule has 4 nitrogen and oxygen atoms in total. The summed E-state index contributed by atoms with van der Waals surface area (Å²) < 4.78 is 0. The average Bonchev–Trinajstić information content (AvgIpc) is 2.40. The zero-order valence-corrected chi connectivity index (χ0v) is 10.4. The van der Waals surface area contributed by atoms with Crippen LogP contribution in [0.15, 0.2) is 18.6 Å². The molecule has 1 saturated heterocycles. The highest BCUT2D eigenvalue weighted by molar-refractivity contribution is 5.98. The Bertz CT molecular complexity index is 383. The number of nitrogens with zero attached hydrogens (tertiary/aromatic N) is 2. The van der Waals surface area contributed by atoms with E-state index in [1.54, 1.807) is 18.6 Å². The lowest BCUT2D eigenvalue weighted by Crippen LogP contribution is -2.42. The van der Waals surface area contributed by atoms with E-state index in [2.05, 4.69) is 15.3 Å². The van der Waals surface area contributed by atoms with Crippen molar-refractivity contribution < 1.29 is 4.79 Å². The largest absolute Gasteiger partial charge is 0.316 e. The molecule has 1 aliphatic rings. The summed E-state index contributed by atoms with van der Waals surface area (Å²) in [7, 11) is 0. The second-order valence-electron chi connectivity index (χ2n) is 5.18. The third-order valence-corrected chi connectivity index (χ3v) is 3.70. The first-order chi connectivity index (χ1) is 8.12. The fourth-order valence-electron chi connectivity index (χ4n) is 2.40. The van der Waals surface area contributed by atoms with E-state index in [1.165, 1.54) is 0 Å². The van der Waals surface area contributed by atoms with Gasteiger partial charge in [0.1, 0.15) is 5.69 Å². The number of carbonyl (C=O) groups excluding carboxylic acids is 1. The Morgan fingerprint density at radius 3 is 2.88 bits per heavy atom. The highest BCUT2D eigenvalue weighted by atomic mass is 16.1. The van der Waals surface area contributed by atoms with Crippen molar-refractivity contribution >= 4 is 5.78 Å². The van der Waals surface area contributed by atoms with Gasteiger partial charge in [0.2, 0.25) is 0 Å². The Balaban J connectivity index is 2.17. The Morgan fingerprint density at radius 2 is 2.29 bits per heavy atom. The number of nitrogens with one attached hydrogen (secondary N) is 1. The maximum Gasteiger partial charge on any atom is 0.188 e. The lowest BCUT2D eigenvalue weighted by Gasteiger charge is -2.35. The Kier molecular flexibility index (Phi) is 3.52. The summed E-state index contributed by atoms with van der Waals surface area (Å²) in [6.07, 6.45) is 6.96. The molecule has 92 valence electrons. The van der Waals surface area contributed by atoms with Gasteiger partial charge in [-0.25, -0.2) is 4.98 Å². The first kappa shape index (κ1) is 12.2. The number of aromatic nitrogens is 2. The predicted octanol–water partition coefficient (Wildman–Crippen LogP) is 1.69. The van der Waals surface area contributed by atoms with Crippen LogP contribution in [-0.4, -0.2) is 28.8 Å². The summed E-state index contributed by atoms with van der Waals surface area (Å²) in [6.45, 7) is 6.01. The Hall–Kier alpha value is -1.29. The molecule has 1 aromatic heterocycles. The molecule has 0 radical (unpaired) electrons. The molecule has 2 heterocycles. The van der Waals surface area contributed by atoms with Gasteiger partial charge in [-0.3, -0.25) is 9.78 Å². The molecule has 1 fully saturated rings. The van der Waals surface area contributed by atoms with Crippen molar-refractivity contribution in [3.05, 3.63) is 24.3 Å². The summed E-state index contributed by atoms with van der Waals surface area (Å²) in [6, 6.07) is 0. The third-order valence-electron chi connectivity index (χ3n) is 3.70. The van der Waals surface area contributed by atoms with Gasteiger partial charge in [-0.05, 0) is 31.8 Å². The minimum absolute atomic E-state index is 0.0966. The van der Waals surface area contributed by atoms with Gasteiger partial charge < -0.3 is 5.32 Å². The van der Waals surface area contributed by atoms with E-state index in [-0.39, 0.29) is 11.2 Å². The molecule has 1 atom stereocenters. The van der Waals surface area contributed by atoms with Gasteiger partial charge in [0.25, 0.3) is 0 Å². The average molecular weight is 233 g/mol. The minimum Gasteiger partial charge on any atom is -0.316 e. The lowest BCUT2D eigenvalue weighted by molar-refractivity contribution is 0.0702. The molecule has 0 saturated carbocycles. The molecule has 1 unspecified atom stereocenters. The number of piperidine rings is 1. The van der Waals surface area contributed by atoms with Crippen molar-refractivity contribution in [1.82, 2.24) is 15.3 Å². The number of hydrogen-bond donors (Lipinski definition) is 1. The number of hydrogen-bond acceptors (Lipinski definition) is 4. The van der Waals surface area contributed by atoms with Crippen LogP contribution in [0.3, 0.4) is 0 Å². The summed E-state index contributed by atoms with van der Waals surface area (Å²) in [4.78, 5) is 20.5. The monoisotopic (exact) mass is 233 g/mol. The van der Waals surface area contributed by atoms with Crippen LogP contribution in [0.25, 0.3) is 0 Å². The van der Waals surface area contributed by atoms with Crippen molar-refractivity contribution in [3.8, 4) is 0 Å². The van der Waals surface area contributed by atoms with Gasteiger partial charge >= 0.3 is 0 Å². The molecule has 17 heavy (non-hydrogen) atoms. The molecule has 0 spiro atoms. The van der Waals surface area contributed by atoms with Crippen molar-refractivity contribution in [2.45, 2.75) is 26.7 Å². The maximum atomic E-state index is 12.4. The van der Waals surface area contributed by atoms with Crippen molar-refractivity contribution in [2.24, 2.45) is 11.3 Å². The first-order valence-corrected chi connectivity index (χ1v) is 6.14. The van der Waals surface area contributed by atoms with E-state index in [9.17, 15) is 4.79 Å². The van der Waals surface area contributed by atoms with E-state index in [0.29, 0.717) is 11.6 Å². The van der Waals surface area contributed by atoms with Crippen molar-refractivity contribution in [1.29, 1.82) is 0 Å². The van der Waals surface area contributed by atoms with Gasteiger partial charge in [-0.2, -0.15) is 0 Å². The molecule has 1 aromatic rings. The van der Waals surface area contributed by atoms with E-state index in [1.807, 2.05) is 13.8 Å². The maximum absolute atomic E-state index is 12.4. The second kappa shape index (κ2) is 4.92. The fourth-order valence-corrected chi connectivity index (χ4v) is 2.40. The summed E-state index contributed by atoms with van der Waals surface area (Å²) in [5, 5.41) is 3.36. The van der Waals surface area contributed by atoms with E-state index < -0.39 is 0 Å². The van der Waals surface area contributed by atoms with Crippen LogP contribution in [0, 0.1) is 11.3 Å². The summed E-state index contributed by atoms with van der Waals surface area (Å²) in [5.74, 6) is 0.477. The lowest BCUT2D eigenvalue weighted by atomic mass is 9.71. The molecule has 1 aliphatic heterocycles. The zero-order chi connectivity index (χ0) is 12.3. The zero-order valence-electron chi connectivity index (χ0n) is 10.4. The molecular formula is C13H19N3O. The fraction of sp³-hybridized carbons (Fsp3) is 0.615. The standard InChI is InChI=1S/C13H19N3O/c1-13(2,10-4-3-5-14-8-10)12(17)11-9-15-6-7-16-11/h6-7,9-10,14H,3-5,8H2,1-2H3. The molecule has 0 aliphatic carbocycles. The highest BCUT2D eigenvalue weighted by Crippen LogP contribution is 2.34. The predicted molar refractivity (Wildman–Crippen MR) is 65.7 cm³/mol. The molecule has 1 N–H and O–H groups in total. The van der Waals surface area contributed by atoms with Crippen molar-refractivity contribution in [2.75, 3.05) is 13.1 Å². The van der Waals surface area contributed by atoms with Crippen LogP contribution in [0.2, 0.25) is 0 Å². The van der Waals surface area contributed by atoms with E-state index in [4.69, 9.17) is 0 Å². The molecule has 0 amide bonds. The quantitative estimate of drug-likeness (QED) is 0.807. The number of rotatable bonds is 3. The van der Waals surface area contributed by atoms with Gasteiger partial charge in [0.05, 0.1) is 6.20 Å². The van der Waals surface area contributed by atoms with E-state index in [0.717, 1.165) is 25.9 Å². The number of ketones is 1. The highest BCUT2D eigenvalue weighted by Gasteiger charge is 2.38. The normalized spacial score (nSPS) is 21.2. The second-order valence-corrected chi connectivity index (χ2v) is 5.18. The SMILES string of the molecule is CC(C)(C(=O)c1cnccn1)C1CCCNC1. The topological polar surface area (TPSA) is 54.9 Å². The van der Waals surface area contributed by atoms with Crippen LogP contribution in [-0.2, 0) is 0 Å². The molecule has 0 aromatic carbocycles. The minimum atomic E-state index is -0.372. The molecule has 0 bridgehead atoms. The van der Waals surface area contributed by atoms with Gasteiger partial charge in [0, 0.05) is 17.8 Å². The molecule has 2 rings (SSSR count). The van der Waals surface area contributed by atoms with Crippen LogP contribution < -0.4 is 5.32 Å². The van der Waals surface area contributed by atoms with Gasteiger partial charge in [-0.15, -0.1) is 0 Å². The molecular weight excluding hydrogens is 214 g/mol. The summed E-state index contributed by atoms with van der Waals surface area (Å²) >= 11 is 0. The Labute approximate surface area is 102 Å². The van der Waals surface area contributed by atoms with Crippen LogP contribution in [0.1, 0.15) is 37.2 Å². The summed E-state index contributed by atoms with van der Waals surface area (Å²) in [5.41, 5.74) is 0.103. The van der Waals surface area contributed by atoms with E-state index >= 15 is 0 Å².